The molecule has 4 aromatic rings. The quantitative estimate of drug-likeness (QED) is 0.254. The molecule has 13 heteroatoms. The van der Waals surface area contributed by atoms with E-state index in [0.29, 0.717) is 36.4 Å². The summed E-state index contributed by atoms with van der Waals surface area (Å²) in [5, 5.41) is 4.39. The van der Waals surface area contributed by atoms with Crippen LogP contribution < -0.4 is 23.8 Å². The lowest BCUT2D eigenvalue weighted by Gasteiger charge is -2.27. The van der Waals surface area contributed by atoms with Gasteiger partial charge in [-0.15, -0.1) is 0 Å². The number of carbonyl (C=O) groups is 1. The van der Waals surface area contributed by atoms with Crippen molar-refractivity contribution >= 4 is 38.6 Å². The van der Waals surface area contributed by atoms with Crippen LogP contribution in [0.15, 0.2) is 64.0 Å². The molecule has 1 saturated heterocycles. The Morgan fingerprint density at radius 1 is 0.867 bits per heavy atom. The van der Waals surface area contributed by atoms with E-state index in [2.05, 4.69) is 20.8 Å². The van der Waals surface area contributed by atoms with E-state index in [-0.39, 0.29) is 28.3 Å². The van der Waals surface area contributed by atoms with E-state index in [1.54, 1.807) is 17.0 Å². The lowest BCUT2D eigenvalue weighted by Crippen LogP contribution is -2.39. The Balaban J connectivity index is 1.41. The number of aromatic nitrogens is 1. The molecule has 1 aliphatic heterocycles. The van der Waals surface area contributed by atoms with Crippen molar-refractivity contribution in [2.24, 2.45) is 0 Å². The molecule has 0 spiro atoms. The van der Waals surface area contributed by atoms with Gasteiger partial charge < -0.3 is 33.3 Å². The first-order valence-electron chi connectivity index (χ1n) is 14.5. The van der Waals surface area contributed by atoms with Crippen LogP contribution in [0.25, 0.3) is 22.1 Å². The van der Waals surface area contributed by atoms with Crippen molar-refractivity contribution < 1.29 is 36.7 Å². The largest absolute Gasteiger partial charge is 0.496 e. The van der Waals surface area contributed by atoms with Crippen molar-refractivity contribution in [1.82, 2.24) is 10.1 Å². The highest BCUT2D eigenvalue weighted by molar-refractivity contribution is 7.93. The van der Waals surface area contributed by atoms with Crippen LogP contribution in [-0.4, -0.2) is 77.7 Å². The van der Waals surface area contributed by atoms with Gasteiger partial charge in [-0.05, 0) is 74.7 Å². The second-order valence-electron chi connectivity index (χ2n) is 11.5. The second-order valence-corrected chi connectivity index (χ2v) is 13.2. The summed E-state index contributed by atoms with van der Waals surface area (Å²) in [7, 11) is 0.0529. The molecule has 0 saturated carbocycles. The standard InChI is InChI=1S/C32H38N4O8S/c1-32(2,3)43-31(37)36-15-9-14-35(16-17-36)23-11-7-10-21(18-23)22-19-26(42-6)28-27(20-22)44-33-30(28)34-45(38,39)29-24(40-4)12-8-13-25(29)41-5/h7-8,10-13,18-20H,9,14-17H2,1-6H3,(H,33,34). The van der Waals surface area contributed by atoms with Crippen LogP contribution in [0.1, 0.15) is 27.2 Å². The molecule has 240 valence electrons. The summed E-state index contributed by atoms with van der Waals surface area (Å²) in [5.41, 5.74) is 2.50. The van der Waals surface area contributed by atoms with Gasteiger partial charge in [-0.2, -0.15) is 0 Å². The first-order chi connectivity index (χ1) is 21.4. The fourth-order valence-electron chi connectivity index (χ4n) is 5.26. The highest BCUT2D eigenvalue weighted by Gasteiger charge is 2.28. The number of hydrogen-bond donors (Lipinski definition) is 1. The van der Waals surface area contributed by atoms with Crippen LogP contribution >= 0.6 is 0 Å². The number of rotatable bonds is 8. The maximum absolute atomic E-state index is 13.5. The number of fused-ring (bicyclic) bond motifs is 1. The lowest BCUT2D eigenvalue weighted by atomic mass is 10.0. The minimum atomic E-state index is -4.20. The molecule has 12 nitrogen and oxygen atoms in total. The third-order valence-electron chi connectivity index (χ3n) is 7.33. The molecule has 1 aliphatic rings. The van der Waals surface area contributed by atoms with Crippen molar-refractivity contribution in [2.45, 2.75) is 37.7 Å². The fraction of sp³-hybridized carbons (Fsp3) is 0.375. The van der Waals surface area contributed by atoms with Gasteiger partial charge in [-0.25, -0.2) is 13.2 Å². The van der Waals surface area contributed by atoms with Gasteiger partial charge in [0.15, 0.2) is 16.3 Å². The van der Waals surface area contributed by atoms with Gasteiger partial charge in [-0.3, -0.25) is 4.72 Å². The SMILES string of the molecule is COc1cccc(OC)c1S(=O)(=O)Nc1noc2cc(-c3cccc(N4CCCN(C(=O)OC(C)(C)C)CC4)c3)cc(OC)c12. The van der Waals surface area contributed by atoms with Gasteiger partial charge in [0.25, 0.3) is 10.0 Å². The van der Waals surface area contributed by atoms with E-state index < -0.39 is 15.6 Å². The van der Waals surface area contributed by atoms with Crippen LogP contribution in [0.5, 0.6) is 17.2 Å². The Morgan fingerprint density at radius 3 is 2.22 bits per heavy atom. The van der Waals surface area contributed by atoms with Crippen molar-refractivity contribution in [2.75, 3.05) is 57.1 Å². The molecule has 0 radical (unpaired) electrons. The van der Waals surface area contributed by atoms with E-state index in [1.165, 1.54) is 33.5 Å². The monoisotopic (exact) mass is 638 g/mol. The third kappa shape index (κ3) is 6.88. The number of hydrogen-bond acceptors (Lipinski definition) is 10. The van der Waals surface area contributed by atoms with Crippen LogP contribution in [0.3, 0.4) is 0 Å². The third-order valence-corrected chi connectivity index (χ3v) is 8.73. The number of methoxy groups -OCH3 is 3. The van der Waals surface area contributed by atoms with Gasteiger partial charge in [-0.1, -0.05) is 23.4 Å². The van der Waals surface area contributed by atoms with Gasteiger partial charge >= 0.3 is 6.09 Å². The van der Waals surface area contributed by atoms with Gasteiger partial charge in [0.2, 0.25) is 0 Å². The normalized spacial score (nSPS) is 14.2. The number of carbonyl (C=O) groups excluding carboxylic acids is 1. The number of benzene rings is 3. The second kappa shape index (κ2) is 12.8. The lowest BCUT2D eigenvalue weighted by molar-refractivity contribution is 0.0263. The zero-order valence-corrected chi connectivity index (χ0v) is 27.1. The topological polar surface area (TPSA) is 133 Å². The first-order valence-corrected chi connectivity index (χ1v) is 16.0. The van der Waals surface area contributed by atoms with Gasteiger partial charge in [0, 0.05) is 31.9 Å². The van der Waals surface area contributed by atoms with E-state index >= 15 is 0 Å². The zero-order valence-electron chi connectivity index (χ0n) is 26.2. The molecule has 2 heterocycles. The van der Waals surface area contributed by atoms with Crippen LogP contribution in [0.4, 0.5) is 16.3 Å². The maximum Gasteiger partial charge on any atom is 0.410 e. The Bertz CT molecular complexity index is 1780. The summed E-state index contributed by atoms with van der Waals surface area (Å²) in [4.78, 5) is 16.5. The minimum Gasteiger partial charge on any atom is -0.496 e. The highest BCUT2D eigenvalue weighted by atomic mass is 32.2. The Kier molecular flexibility index (Phi) is 9.01. The minimum absolute atomic E-state index is 0.0331. The number of nitrogens with one attached hydrogen (secondary N) is 1. The highest BCUT2D eigenvalue weighted by Crippen LogP contribution is 2.40. The fourth-order valence-corrected chi connectivity index (χ4v) is 6.59. The maximum atomic E-state index is 13.5. The molecule has 0 atom stereocenters. The van der Waals surface area contributed by atoms with Crippen molar-refractivity contribution in [1.29, 1.82) is 0 Å². The molecule has 1 N–H and O–H groups in total. The Hall–Kier alpha value is -4.65. The summed E-state index contributed by atoms with van der Waals surface area (Å²) >= 11 is 0. The van der Waals surface area contributed by atoms with E-state index in [1.807, 2.05) is 45.0 Å². The number of nitrogens with zero attached hydrogens (tertiary/aromatic N) is 3. The summed E-state index contributed by atoms with van der Waals surface area (Å²) < 4.78 is 56.9. The summed E-state index contributed by atoms with van der Waals surface area (Å²) in [6.45, 7) is 8.22. The molecular formula is C32H38N4O8S. The smallest absolute Gasteiger partial charge is 0.410 e. The van der Waals surface area contributed by atoms with E-state index in [9.17, 15) is 13.2 Å². The molecule has 3 aromatic carbocycles. The Labute approximate surface area is 262 Å². The predicted molar refractivity (Wildman–Crippen MR) is 171 cm³/mol. The molecule has 1 aromatic heterocycles. The summed E-state index contributed by atoms with van der Waals surface area (Å²) in [6, 6.07) is 16.3. The van der Waals surface area contributed by atoms with Crippen molar-refractivity contribution in [3.8, 4) is 28.4 Å². The average molecular weight is 639 g/mol. The average Bonchev–Trinajstić information content (AvgIpc) is 3.24. The van der Waals surface area contributed by atoms with Crippen LogP contribution in [0, 0.1) is 0 Å². The van der Waals surface area contributed by atoms with Gasteiger partial charge in [0.05, 0.1) is 21.3 Å². The van der Waals surface area contributed by atoms with Crippen molar-refractivity contribution in [3.63, 3.8) is 0 Å². The number of ether oxygens (including phenoxy) is 4. The molecule has 0 bridgehead atoms. The van der Waals surface area contributed by atoms with Crippen LogP contribution in [-0.2, 0) is 14.8 Å². The molecule has 5 rings (SSSR count). The first kappa shape index (κ1) is 31.8. The molecule has 45 heavy (non-hydrogen) atoms. The van der Waals surface area contributed by atoms with Crippen molar-refractivity contribution in [3.05, 3.63) is 54.6 Å². The van der Waals surface area contributed by atoms with Gasteiger partial charge in [0.1, 0.15) is 28.2 Å². The predicted octanol–water partition coefficient (Wildman–Crippen LogP) is 5.77. The molecule has 1 fully saturated rings. The summed E-state index contributed by atoms with van der Waals surface area (Å²) in [6.07, 6.45) is 0.509. The molecule has 0 aliphatic carbocycles. The van der Waals surface area contributed by atoms with E-state index in [0.717, 1.165) is 29.8 Å². The number of amides is 1. The number of sulfonamides is 1. The molecule has 1 amide bonds. The summed E-state index contributed by atoms with van der Waals surface area (Å²) in [5.74, 6) is 0.576. The van der Waals surface area contributed by atoms with Crippen LogP contribution in [0.2, 0.25) is 0 Å². The van der Waals surface area contributed by atoms with E-state index in [4.69, 9.17) is 23.5 Å². The zero-order chi connectivity index (χ0) is 32.4. The molecular weight excluding hydrogens is 600 g/mol. The molecule has 0 unspecified atom stereocenters. The number of anilines is 2. The Morgan fingerprint density at radius 2 is 1.56 bits per heavy atom.